The van der Waals surface area contributed by atoms with E-state index < -0.39 is 36.6 Å². The van der Waals surface area contributed by atoms with Gasteiger partial charge in [-0.05, 0) is 27.7 Å². The fourth-order valence-electron chi connectivity index (χ4n) is 1.10. The highest BCUT2D eigenvalue weighted by atomic mass is 19.3. The first-order chi connectivity index (χ1) is 8.61. The Morgan fingerprint density at radius 3 is 2.32 bits per heavy atom. The number of rotatable bonds is 7. The van der Waals surface area contributed by atoms with Crippen LogP contribution in [-0.4, -0.2) is 43.2 Å². The van der Waals surface area contributed by atoms with E-state index in [9.17, 15) is 18.4 Å². The molecule has 0 aromatic carbocycles. The number of amides is 1. The SMILES string of the molecule is C[C@H](NC(=O)CCOCC(F)F)C(=O)OC(C)(C)C. The van der Waals surface area contributed by atoms with Gasteiger partial charge >= 0.3 is 5.97 Å². The summed E-state index contributed by atoms with van der Waals surface area (Å²) >= 11 is 0. The Labute approximate surface area is 111 Å². The summed E-state index contributed by atoms with van der Waals surface area (Å²) in [6.45, 7) is 5.84. The second-order valence-corrected chi connectivity index (χ2v) is 5.04. The van der Waals surface area contributed by atoms with Crippen molar-refractivity contribution in [3.05, 3.63) is 0 Å². The van der Waals surface area contributed by atoms with Crippen LogP contribution in [-0.2, 0) is 19.1 Å². The Balaban J connectivity index is 3.89. The predicted octanol–water partition coefficient (Wildman–Crippen LogP) is 1.50. The number of alkyl halides is 2. The summed E-state index contributed by atoms with van der Waals surface area (Å²) in [5, 5.41) is 2.41. The first-order valence-electron chi connectivity index (χ1n) is 6.00. The van der Waals surface area contributed by atoms with Crippen LogP contribution in [0.25, 0.3) is 0 Å². The van der Waals surface area contributed by atoms with E-state index >= 15 is 0 Å². The summed E-state index contributed by atoms with van der Waals surface area (Å²) < 4.78 is 33.1. The number of carbonyl (C=O) groups is 2. The van der Waals surface area contributed by atoms with Crippen molar-refractivity contribution >= 4 is 11.9 Å². The molecule has 0 spiro atoms. The summed E-state index contributed by atoms with van der Waals surface area (Å²) in [6, 6.07) is -0.790. The Morgan fingerprint density at radius 2 is 1.84 bits per heavy atom. The Bertz CT molecular complexity index is 303. The third-order valence-electron chi connectivity index (χ3n) is 1.86. The normalized spacial score (nSPS) is 13.2. The first-order valence-corrected chi connectivity index (χ1v) is 6.00. The van der Waals surface area contributed by atoms with Gasteiger partial charge < -0.3 is 14.8 Å². The van der Waals surface area contributed by atoms with Crippen LogP contribution in [0.5, 0.6) is 0 Å². The van der Waals surface area contributed by atoms with Crippen LogP contribution in [0.4, 0.5) is 8.78 Å². The molecule has 112 valence electrons. The van der Waals surface area contributed by atoms with Gasteiger partial charge in [0.2, 0.25) is 5.91 Å². The highest BCUT2D eigenvalue weighted by molar-refractivity contribution is 5.84. The minimum atomic E-state index is -2.55. The lowest BCUT2D eigenvalue weighted by atomic mass is 10.2. The van der Waals surface area contributed by atoms with Crippen LogP contribution in [0.2, 0.25) is 0 Å². The van der Waals surface area contributed by atoms with E-state index in [4.69, 9.17) is 4.74 Å². The highest BCUT2D eigenvalue weighted by Crippen LogP contribution is 2.08. The van der Waals surface area contributed by atoms with E-state index in [0.29, 0.717) is 0 Å². The van der Waals surface area contributed by atoms with Crippen LogP contribution in [0.15, 0.2) is 0 Å². The van der Waals surface area contributed by atoms with Crippen molar-refractivity contribution in [2.75, 3.05) is 13.2 Å². The van der Waals surface area contributed by atoms with Crippen LogP contribution >= 0.6 is 0 Å². The lowest BCUT2D eigenvalue weighted by molar-refractivity contribution is -0.158. The zero-order valence-corrected chi connectivity index (χ0v) is 11.7. The maximum Gasteiger partial charge on any atom is 0.328 e. The molecule has 0 saturated carbocycles. The molecule has 0 aliphatic carbocycles. The number of halogens is 2. The summed E-state index contributed by atoms with van der Waals surface area (Å²) in [7, 11) is 0. The molecule has 0 radical (unpaired) electrons. The molecule has 5 nitrogen and oxygen atoms in total. The van der Waals surface area contributed by atoms with Gasteiger partial charge in [-0.1, -0.05) is 0 Å². The van der Waals surface area contributed by atoms with Crippen molar-refractivity contribution in [2.24, 2.45) is 0 Å². The first kappa shape index (κ1) is 17.8. The molecule has 0 aliphatic heterocycles. The standard InChI is InChI=1S/C12H21F2NO4/c1-8(11(17)19-12(2,3)4)15-10(16)5-6-18-7-9(13)14/h8-9H,5-7H2,1-4H3,(H,15,16)/t8-/m0/s1. The monoisotopic (exact) mass is 281 g/mol. The van der Waals surface area contributed by atoms with Crippen molar-refractivity contribution in [2.45, 2.75) is 52.2 Å². The molecule has 0 aliphatic rings. The molecule has 0 saturated heterocycles. The van der Waals surface area contributed by atoms with E-state index in [1.54, 1.807) is 20.8 Å². The minimum Gasteiger partial charge on any atom is -0.458 e. The smallest absolute Gasteiger partial charge is 0.328 e. The lowest BCUT2D eigenvalue weighted by Gasteiger charge is -2.22. The van der Waals surface area contributed by atoms with Crippen LogP contribution in [0.3, 0.4) is 0 Å². The van der Waals surface area contributed by atoms with E-state index in [0.717, 1.165) is 0 Å². The number of hydrogen-bond acceptors (Lipinski definition) is 4. The van der Waals surface area contributed by atoms with Gasteiger partial charge in [0.15, 0.2) is 0 Å². The molecule has 0 aromatic rings. The molecule has 1 N–H and O–H groups in total. The fraction of sp³-hybridized carbons (Fsp3) is 0.833. The van der Waals surface area contributed by atoms with Gasteiger partial charge in [-0.15, -0.1) is 0 Å². The third-order valence-corrected chi connectivity index (χ3v) is 1.86. The molecule has 0 fully saturated rings. The number of carbonyl (C=O) groups excluding carboxylic acids is 2. The van der Waals surface area contributed by atoms with Crippen LogP contribution < -0.4 is 5.32 Å². The van der Waals surface area contributed by atoms with Crippen molar-refractivity contribution in [3.8, 4) is 0 Å². The molecular weight excluding hydrogens is 260 g/mol. The fourth-order valence-corrected chi connectivity index (χ4v) is 1.10. The molecule has 0 unspecified atom stereocenters. The van der Waals surface area contributed by atoms with Crippen molar-refractivity contribution in [1.29, 1.82) is 0 Å². The zero-order chi connectivity index (χ0) is 15.1. The third kappa shape index (κ3) is 10.4. The quantitative estimate of drug-likeness (QED) is 0.567. The maximum absolute atomic E-state index is 11.7. The molecule has 0 rings (SSSR count). The lowest BCUT2D eigenvalue weighted by Crippen LogP contribution is -2.42. The van der Waals surface area contributed by atoms with Crippen LogP contribution in [0, 0.1) is 0 Å². The second kappa shape index (κ2) is 8.04. The van der Waals surface area contributed by atoms with Crippen LogP contribution in [0.1, 0.15) is 34.1 Å². The van der Waals surface area contributed by atoms with Crippen molar-refractivity contribution < 1.29 is 27.8 Å². The molecule has 19 heavy (non-hydrogen) atoms. The summed E-state index contributed by atoms with van der Waals surface area (Å²) in [6.07, 6.45) is -2.64. The molecular formula is C12H21F2NO4. The van der Waals surface area contributed by atoms with E-state index in [1.165, 1.54) is 6.92 Å². The Morgan fingerprint density at radius 1 is 1.26 bits per heavy atom. The van der Waals surface area contributed by atoms with Gasteiger partial charge in [-0.3, -0.25) is 4.79 Å². The average molecular weight is 281 g/mol. The van der Waals surface area contributed by atoms with Gasteiger partial charge in [-0.2, -0.15) is 0 Å². The van der Waals surface area contributed by atoms with Gasteiger partial charge in [-0.25, -0.2) is 13.6 Å². The van der Waals surface area contributed by atoms with Gasteiger partial charge in [0.1, 0.15) is 18.2 Å². The summed E-state index contributed by atoms with van der Waals surface area (Å²) in [5.74, 6) is -0.998. The van der Waals surface area contributed by atoms with E-state index in [-0.39, 0.29) is 13.0 Å². The van der Waals surface area contributed by atoms with Gasteiger partial charge in [0, 0.05) is 6.42 Å². The molecule has 0 aromatic heterocycles. The number of hydrogen-bond donors (Lipinski definition) is 1. The van der Waals surface area contributed by atoms with Crippen molar-refractivity contribution in [1.82, 2.24) is 5.32 Å². The summed E-state index contributed by atoms with van der Waals surface area (Å²) in [4.78, 5) is 22.9. The Hall–Kier alpha value is -1.24. The van der Waals surface area contributed by atoms with E-state index in [1.807, 2.05) is 0 Å². The molecule has 1 atom stereocenters. The maximum atomic E-state index is 11.7. The zero-order valence-electron chi connectivity index (χ0n) is 11.7. The largest absolute Gasteiger partial charge is 0.458 e. The second-order valence-electron chi connectivity index (χ2n) is 5.04. The van der Waals surface area contributed by atoms with E-state index in [2.05, 4.69) is 10.1 Å². The summed E-state index contributed by atoms with van der Waals surface area (Å²) in [5.41, 5.74) is -0.629. The van der Waals surface area contributed by atoms with Gasteiger partial charge in [0.05, 0.1) is 6.61 Å². The molecule has 0 bridgehead atoms. The topological polar surface area (TPSA) is 64.6 Å². The average Bonchev–Trinajstić information content (AvgIpc) is 2.21. The molecule has 1 amide bonds. The molecule has 7 heteroatoms. The predicted molar refractivity (Wildman–Crippen MR) is 64.9 cm³/mol. The number of nitrogens with one attached hydrogen (secondary N) is 1. The Kier molecular flexibility index (Phi) is 7.51. The highest BCUT2D eigenvalue weighted by Gasteiger charge is 2.22. The number of ether oxygens (including phenoxy) is 2. The molecule has 0 heterocycles. The van der Waals surface area contributed by atoms with Crippen molar-refractivity contribution in [3.63, 3.8) is 0 Å². The number of esters is 1. The minimum absolute atomic E-state index is 0.0835. The van der Waals surface area contributed by atoms with Gasteiger partial charge in [0.25, 0.3) is 6.43 Å².